The molecule has 0 aliphatic carbocycles. The third kappa shape index (κ3) is 49.1. The maximum atomic E-state index is 4.24. The minimum Gasteiger partial charge on any atom is -0.268 e. The van der Waals surface area contributed by atoms with E-state index in [9.17, 15) is 0 Å². The largest absolute Gasteiger partial charge is 0.268 e. The normalized spacial score (nSPS) is 14.8. The van der Waals surface area contributed by atoms with Crippen molar-refractivity contribution < 1.29 is 0 Å². The molecular formula is C27H57N9. The first-order valence-electron chi connectivity index (χ1n) is 12.5. The van der Waals surface area contributed by atoms with Crippen molar-refractivity contribution in [1.29, 1.82) is 0 Å². The zero-order valence-electron chi connectivity index (χ0n) is 26.8. The summed E-state index contributed by atoms with van der Waals surface area (Å²) in [5.74, 6) is 0. The Morgan fingerprint density at radius 3 is 1.00 bits per heavy atom. The molecule has 0 bridgehead atoms. The third-order valence-electron chi connectivity index (χ3n) is 2.56. The second-order valence-corrected chi connectivity index (χ2v) is 14.6. The molecule has 9 nitrogen and oxygen atoms in total. The Hall–Kier alpha value is -2.19. The summed E-state index contributed by atoms with van der Waals surface area (Å²) in [5, 5.41) is 23.0. The molecule has 0 saturated carbocycles. The molecule has 0 rings (SSSR count). The van der Waals surface area contributed by atoms with Crippen LogP contribution in [0, 0.1) is 5.41 Å². The van der Waals surface area contributed by atoms with E-state index < -0.39 is 0 Å². The van der Waals surface area contributed by atoms with Gasteiger partial charge in [-0.05, 0) is 120 Å². The molecule has 0 saturated heterocycles. The first-order chi connectivity index (χ1) is 15.6. The van der Waals surface area contributed by atoms with Crippen LogP contribution < -0.4 is 0 Å². The molecule has 0 radical (unpaired) electrons. The molecule has 0 aliphatic rings. The highest BCUT2D eigenvalue weighted by molar-refractivity contribution is 5.75. The van der Waals surface area contributed by atoms with E-state index in [2.05, 4.69) is 87.4 Å². The summed E-state index contributed by atoms with van der Waals surface area (Å²) in [6, 6.07) is 0. The number of hydrogen-bond donors (Lipinski definition) is 0. The lowest BCUT2D eigenvalue weighted by Crippen LogP contribution is -2.10. The smallest absolute Gasteiger partial charge is 0.132 e. The van der Waals surface area contributed by atoms with Crippen LogP contribution in [-0.4, -0.2) is 46.6 Å². The van der Waals surface area contributed by atoms with E-state index in [0.29, 0.717) is 0 Å². The van der Waals surface area contributed by atoms with E-state index in [-0.39, 0.29) is 33.1 Å². The number of azo groups is 1. The van der Waals surface area contributed by atoms with Gasteiger partial charge in [0.05, 0.1) is 27.7 Å². The van der Waals surface area contributed by atoms with Gasteiger partial charge in [-0.25, -0.2) is 4.99 Å². The molecule has 0 amide bonds. The number of hydrogen-bond acceptors (Lipinski definition) is 5. The molecule has 36 heavy (non-hydrogen) atoms. The minimum absolute atomic E-state index is 0.0186. The average Bonchev–Trinajstić information content (AvgIpc) is 2.56. The maximum Gasteiger partial charge on any atom is 0.132 e. The highest BCUT2D eigenvalue weighted by atomic mass is 15.5. The Morgan fingerprint density at radius 2 is 0.722 bits per heavy atom. The van der Waals surface area contributed by atoms with Crippen LogP contribution in [0.1, 0.15) is 125 Å². The van der Waals surface area contributed by atoms with Gasteiger partial charge in [0, 0.05) is 6.21 Å². The zero-order chi connectivity index (χ0) is 29.5. The zero-order valence-corrected chi connectivity index (χ0v) is 26.8. The van der Waals surface area contributed by atoms with Crippen LogP contribution in [0.4, 0.5) is 0 Å². The van der Waals surface area contributed by atoms with Crippen LogP contribution in [0.3, 0.4) is 0 Å². The van der Waals surface area contributed by atoms with Gasteiger partial charge in [0.15, 0.2) is 0 Å². The van der Waals surface area contributed by atoms with Crippen molar-refractivity contribution in [3.63, 3.8) is 0 Å². The van der Waals surface area contributed by atoms with Gasteiger partial charge in [0.2, 0.25) is 0 Å². The van der Waals surface area contributed by atoms with Gasteiger partial charge in [0.25, 0.3) is 0 Å². The Balaban J connectivity index is -0.000000454. The summed E-state index contributed by atoms with van der Waals surface area (Å²) in [4.78, 5) is 12.5. The van der Waals surface area contributed by atoms with Crippen LogP contribution in [-0.2, 0) is 0 Å². The monoisotopic (exact) mass is 507 g/mol. The van der Waals surface area contributed by atoms with Gasteiger partial charge in [-0.15, -0.1) is 5.11 Å². The van der Waals surface area contributed by atoms with E-state index in [0.717, 1.165) is 0 Å². The molecule has 9 heteroatoms. The summed E-state index contributed by atoms with van der Waals surface area (Å²) < 4.78 is 0. The second-order valence-electron chi connectivity index (χ2n) is 14.6. The first kappa shape index (κ1) is 38.3. The maximum absolute atomic E-state index is 4.24. The van der Waals surface area contributed by atoms with Crippen LogP contribution in [0.2, 0.25) is 0 Å². The summed E-state index contributed by atoms with van der Waals surface area (Å²) in [6.45, 7) is 36.3. The molecule has 0 aromatic heterocycles. The number of aliphatic imine (C=N–C) groups is 3. The molecule has 0 heterocycles. The minimum atomic E-state index is -0.170. The quantitative estimate of drug-likeness (QED) is 0.157. The van der Waals surface area contributed by atoms with E-state index in [4.69, 9.17) is 0 Å². The van der Waals surface area contributed by atoms with Crippen LogP contribution in [0.5, 0.6) is 0 Å². The van der Waals surface area contributed by atoms with Gasteiger partial charge in [0.1, 0.15) is 12.7 Å². The van der Waals surface area contributed by atoms with Gasteiger partial charge >= 0.3 is 0 Å². The first-order valence-corrected chi connectivity index (χ1v) is 12.5. The van der Waals surface area contributed by atoms with Crippen LogP contribution in [0.25, 0.3) is 0 Å². The lowest BCUT2D eigenvalue weighted by molar-refractivity contribution is 0.506. The number of rotatable bonds is 3. The van der Waals surface area contributed by atoms with E-state index >= 15 is 0 Å². The predicted octanol–water partition coefficient (Wildman–Crippen LogP) is 9.40. The molecule has 0 fully saturated rings. The lowest BCUT2D eigenvalue weighted by Gasteiger charge is -2.10. The molecule has 0 unspecified atom stereocenters. The third-order valence-corrected chi connectivity index (χ3v) is 2.56. The Morgan fingerprint density at radius 1 is 0.389 bits per heavy atom. The molecule has 0 aromatic carbocycles. The summed E-state index contributed by atoms with van der Waals surface area (Å²) >= 11 is 0. The highest BCUT2D eigenvalue weighted by Gasteiger charge is 2.09. The molecule has 210 valence electrons. The fraction of sp³-hybridized carbons (Fsp3) is 0.889. The molecular weight excluding hydrogens is 450 g/mol. The molecule has 0 aromatic rings. The van der Waals surface area contributed by atoms with E-state index in [1.54, 1.807) is 6.34 Å². The standard InChI is InChI=1S/C10H20N2.C9H19N3.C8H18N4/c1-9(2,3)7-11-8-12-10(4,5)6;1-8(2,3)10-7-11-12-9(4,5)6;1-7(2,3)9-11-12-10-8(4,5)6/h7-8H,1-6H3;7H,1-6H3;1-6H3. The average molecular weight is 508 g/mol. The Bertz CT molecular complexity index is 575. The fourth-order valence-corrected chi connectivity index (χ4v) is 1.17. The Kier molecular flexibility index (Phi) is 16.8. The molecule has 0 spiro atoms. The summed E-state index contributed by atoms with van der Waals surface area (Å²) in [6.07, 6.45) is 5.05. The second kappa shape index (κ2) is 15.8. The SMILES string of the molecule is CC(C)(C)C=NC=NC(C)(C)C.CC(C)(C)N=CN=NC(C)(C)C.CC(C)(C)N=NN=NC(C)(C)C. The van der Waals surface area contributed by atoms with Crippen molar-refractivity contribution in [2.45, 2.75) is 152 Å². The van der Waals surface area contributed by atoms with Crippen molar-refractivity contribution in [1.82, 2.24) is 0 Å². The van der Waals surface area contributed by atoms with Crippen molar-refractivity contribution in [2.75, 3.05) is 0 Å². The van der Waals surface area contributed by atoms with Gasteiger partial charge in [-0.1, -0.05) is 20.8 Å². The highest BCUT2D eigenvalue weighted by Crippen LogP contribution is 2.11. The van der Waals surface area contributed by atoms with Crippen molar-refractivity contribution in [2.24, 2.45) is 51.3 Å². The molecule has 0 N–H and O–H groups in total. The Labute approximate surface area is 222 Å². The van der Waals surface area contributed by atoms with Gasteiger partial charge < -0.3 is 0 Å². The summed E-state index contributed by atoms with van der Waals surface area (Å²) in [5.41, 5.74) is -0.381. The van der Waals surface area contributed by atoms with Crippen LogP contribution >= 0.6 is 0 Å². The lowest BCUT2D eigenvalue weighted by atomic mass is 9.99. The predicted molar refractivity (Wildman–Crippen MR) is 158 cm³/mol. The summed E-state index contributed by atoms with van der Waals surface area (Å²) in [7, 11) is 0. The van der Waals surface area contributed by atoms with Crippen molar-refractivity contribution in [3.8, 4) is 0 Å². The number of nitrogens with zero attached hydrogens (tertiary/aromatic N) is 9. The fourth-order valence-electron chi connectivity index (χ4n) is 1.17. The molecule has 0 aliphatic heterocycles. The van der Waals surface area contributed by atoms with Gasteiger partial charge in [-0.2, -0.15) is 15.3 Å². The topological polar surface area (TPSA) is 111 Å². The van der Waals surface area contributed by atoms with Gasteiger partial charge in [-0.3, -0.25) is 9.98 Å². The van der Waals surface area contributed by atoms with Crippen LogP contribution in [0.15, 0.2) is 45.9 Å². The van der Waals surface area contributed by atoms with Crippen molar-refractivity contribution in [3.05, 3.63) is 0 Å². The van der Waals surface area contributed by atoms with E-state index in [1.165, 1.54) is 6.34 Å². The van der Waals surface area contributed by atoms with E-state index in [1.807, 2.05) is 89.3 Å². The van der Waals surface area contributed by atoms with Crippen molar-refractivity contribution >= 4 is 18.9 Å². The molecule has 0 atom stereocenters.